The maximum atomic E-state index is 13.6. The summed E-state index contributed by atoms with van der Waals surface area (Å²) in [5, 5.41) is 9.14. The number of hydrogen-bond acceptors (Lipinski definition) is 2. The summed E-state index contributed by atoms with van der Waals surface area (Å²) in [6.07, 6.45) is 0. The Morgan fingerprint density at radius 3 is 2.50 bits per heavy atom. The minimum absolute atomic E-state index is 0.107. The van der Waals surface area contributed by atoms with E-state index in [0.29, 0.717) is 5.56 Å². The first-order valence-corrected chi connectivity index (χ1v) is 6.26. The van der Waals surface area contributed by atoms with Gasteiger partial charge in [-0.25, -0.2) is 4.39 Å². The lowest BCUT2D eigenvalue weighted by molar-refractivity contribution is 0.251. The van der Waals surface area contributed by atoms with Crippen molar-refractivity contribution in [2.24, 2.45) is 0 Å². The molecule has 0 heterocycles. The Kier molecular flexibility index (Phi) is 4.33. The van der Waals surface area contributed by atoms with Crippen molar-refractivity contribution in [3.8, 4) is 5.75 Å². The molecule has 2 aromatic rings. The predicted molar refractivity (Wildman–Crippen MR) is 70.8 cm³/mol. The summed E-state index contributed by atoms with van der Waals surface area (Å²) in [7, 11) is 0. The van der Waals surface area contributed by atoms with E-state index in [0.717, 1.165) is 10.0 Å². The number of halogens is 2. The van der Waals surface area contributed by atoms with Crippen molar-refractivity contribution in [2.75, 3.05) is 0 Å². The highest BCUT2D eigenvalue weighted by atomic mass is 79.9. The molecule has 0 aliphatic heterocycles. The van der Waals surface area contributed by atoms with Gasteiger partial charge in [0.15, 0.2) is 11.6 Å². The summed E-state index contributed by atoms with van der Waals surface area (Å²) >= 11 is 3.40. The molecule has 0 aliphatic rings. The van der Waals surface area contributed by atoms with Gasteiger partial charge in [-0.1, -0.05) is 46.3 Å². The smallest absolute Gasteiger partial charge is 0.165 e. The van der Waals surface area contributed by atoms with Crippen LogP contribution in [-0.2, 0) is 13.2 Å². The SMILES string of the molecule is OCc1cccc(F)c1OCc1ccccc1Br. The van der Waals surface area contributed by atoms with Gasteiger partial charge in [-0.2, -0.15) is 0 Å². The van der Waals surface area contributed by atoms with Gasteiger partial charge in [-0.15, -0.1) is 0 Å². The number of ether oxygens (including phenoxy) is 1. The summed E-state index contributed by atoms with van der Waals surface area (Å²) in [4.78, 5) is 0. The molecule has 0 fully saturated rings. The average Bonchev–Trinajstić information content (AvgIpc) is 2.39. The van der Waals surface area contributed by atoms with Gasteiger partial charge in [0.2, 0.25) is 0 Å². The van der Waals surface area contributed by atoms with Crippen LogP contribution in [-0.4, -0.2) is 5.11 Å². The van der Waals surface area contributed by atoms with Crippen LogP contribution in [0, 0.1) is 5.82 Å². The molecule has 2 rings (SSSR count). The normalized spacial score (nSPS) is 10.4. The Labute approximate surface area is 113 Å². The van der Waals surface area contributed by atoms with Crippen LogP contribution in [0.4, 0.5) is 4.39 Å². The second kappa shape index (κ2) is 5.98. The van der Waals surface area contributed by atoms with E-state index in [1.807, 2.05) is 24.3 Å². The molecule has 0 saturated heterocycles. The van der Waals surface area contributed by atoms with Crippen LogP contribution in [0.25, 0.3) is 0 Å². The zero-order valence-electron chi connectivity index (χ0n) is 9.57. The maximum absolute atomic E-state index is 13.6. The molecule has 0 atom stereocenters. The molecule has 0 bridgehead atoms. The van der Waals surface area contributed by atoms with Crippen molar-refractivity contribution >= 4 is 15.9 Å². The van der Waals surface area contributed by atoms with Crippen LogP contribution in [0.1, 0.15) is 11.1 Å². The monoisotopic (exact) mass is 310 g/mol. The molecule has 0 radical (unpaired) electrons. The molecule has 0 amide bonds. The van der Waals surface area contributed by atoms with Crippen LogP contribution in [0.3, 0.4) is 0 Å². The van der Waals surface area contributed by atoms with E-state index in [9.17, 15) is 4.39 Å². The number of aliphatic hydroxyl groups is 1. The second-order valence-electron chi connectivity index (χ2n) is 3.77. The largest absolute Gasteiger partial charge is 0.485 e. The van der Waals surface area contributed by atoms with E-state index >= 15 is 0 Å². The van der Waals surface area contributed by atoms with Gasteiger partial charge in [0.1, 0.15) is 6.61 Å². The number of hydrogen-bond donors (Lipinski definition) is 1. The molecule has 2 aromatic carbocycles. The predicted octanol–water partition coefficient (Wildman–Crippen LogP) is 3.66. The van der Waals surface area contributed by atoms with Crippen molar-refractivity contribution in [2.45, 2.75) is 13.2 Å². The quantitative estimate of drug-likeness (QED) is 0.934. The molecule has 0 saturated carbocycles. The molecule has 2 nitrogen and oxygen atoms in total. The lowest BCUT2D eigenvalue weighted by Gasteiger charge is -2.11. The third kappa shape index (κ3) is 2.89. The van der Waals surface area contributed by atoms with Gasteiger partial charge in [0, 0.05) is 15.6 Å². The van der Waals surface area contributed by atoms with E-state index in [-0.39, 0.29) is 19.0 Å². The van der Waals surface area contributed by atoms with Gasteiger partial charge in [0.25, 0.3) is 0 Å². The average molecular weight is 311 g/mol. The lowest BCUT2D eigenvalue weighted by Crippen LogP contribution is -2.01. The van der Waals surface area contributed by atoms with Crippen molar-refractivity contribution in [1.82, 2.24) is 0 Å². The Morgan fingerprint density at radius 2 is 1.78 bits per heavy atom. The minimum atomic E-state index is -0.464. The number of para-hydroxylation sites is 1. The first-order valence-electron chi connectivity index (χ1n) is 5.47. The Balaban J connectivity index is 2.18. The molecule has 0 aromatic heterocycles. The molecule has 0 spiro atoms. The van der Waals surface area contributed by atoms with E-state index < -0.39 is 5.82 Å². The van der Waals surface area contributed by atoms with Gasteiger partial charge in [0.05, 0.1) is 6.61 Å². The van der Waals surface area contributed by atoms with Crippen LogP contribution in [0.15, 0.2) is 46.9 Å². The summed E-state index contributed by atoms with van der Waals surface area (Å²) in [6.45, 7) is -0.00158. The van der Waals surface area contributed by atoms with E-state index in [1.54, 1.807) is 12.1 Å². The van der Waals surface area contributed by atoms with E-state index in [4.69, 9.17) is 9.84 Å². The Hall–Kier alpha value is -1.39. The molecule has 0 aliphatic carbocycles. The van der Waals surface area contributed by atoms with Crippen molar-refractivity contribution in [3.63, 3.8) is 0 Å². The van der Waals surface area contributed by atoms with Crippen LogP contribution in [0.5, 0.6) is 5.75 Å². The number of aliphatic hydroxyl groups excluding tert-OH is 1. The lowest BCUT2D eigenvalue weighted by atomic mass is 10.2. The first-order chi connectivity index (χ1) is 8.72. The van der Waals surface area contributed by atoms with Crippen molar-refractivity contribution < 1.29 is 14.2 Å². The molecule has 4 heteroatoms. The van der Waals surface area contributed by atoms with Crippen LogP contribution < -0.4 is 4.74 Å². The van der Waals surface area contributed by atoms with Crippen LogP contribution >= 0.6 is 15.9 Å². The summed E-state index contributed by atoms with van der Waals surface area (Å²) < 4.78 is 20.0. The highest BCUT2D eigenvalue weighted by Gasteiger charge is 2.09. The fraction of sp³-hybridized carbons (Fsp3) is 0.143. The third-order valence-electron chi connectivity index (χ3n) is 2.55. The summed E-state index contributed by atoms with van der Waals surface area (Å²) in [6, 6.07) is 12.1. The highest BCUT2D eigenvalue weighted by molar-refractivity contribution is 9.10. The van der Waals surface area contributed by atoms with E-state index in [2.05, 4.69) is 15.9 Å². The molecular weight excluding hydrogens is 299 g/mol. The maximum Gasteiger partial charge on any atom is 0.165 e. The van der Waals surface area contributed by atoms with Gasteiger partial charge >= 0.3 is 0 Å². The fourth-order valence-electron chi connectivity index (χ4n) is 1.61. The fourth-order valence-corrected chi connectivity index (χ4v) is 2.00. The van der Waals surface area contributed by atoms with Crippen LogP contribution in [0.2, 0.25) is 0 Å². The van der Waals surface area contributed by atoms with Gasteiger partial charge in [-0.3, -0.25) is 0 Å². The molecule has 0 unspecified atom stereocenters. The summed E-state index contributed by atoms with van der Waals surface area (Å²) in [5.41, 5.74) is 1.37. The molecule has 18 heavy (non-hydrogen) atoms. The number of rotatable bonds is 4. The zero-order valence-corrected chi connectivity index (χ0v) is 11.2. The third-order valence-corrected chi connectivity index (χ3v) is 3.32. The highest BCUT2D eigenvalue weighted by Crippen LogP contribution is 2.25. The molecule has 94 valence electrons. The Bertz CT molecular complexity index is 543. The molecule has 1 N–H and O–H groups in total. The standard InChI is InChI=1S/C14H12BrFO2/c15-12-6-2-1-4-11(12)9-18-14-10(8-17)5-3-7-13(14)16/h1-7,17H,8-9H2. The zero-order chi connectivity index (χ0) is 13.0. The van der Waals surface area contributed by atoms with Gasteiger partial charge < -0.3 is 9.84 Å². The molecular formula is C14H12BrFO2. The second-order valence-corrected chi connectivity index (χ2v) is 4.62. The Morgan fingerprint density at radius 1 is 1.06 bits per heavy atom. The summed E-state index contributed by atoms with van der Waals surface area (Å²) in [5.74, 6) is -0.357. The van der Waals surface area contributed by atoms with E-state index in [1.165, 1.54) is 6.07 Å². The number of benzene rings is 2. The first kappa shape index (κ1) is 13.1. The van der Waals surface area contributed by atoms with Crippen molar-refractivity contribution in [3.05, 3.63) is 63.9 Å². The minimum Gasteiger partial charge on any atom is -0.485 e. The van der Waals surface area contributed by atoms with Gasteiger partial charge in [-0.05, 0) is 12.1 Å². The van der Waals surface area contributed by atoms with Crippen molar-refractivity contribution in [1.29, 1.82) is 0 Å². The topological polar surface area (TPSA) is 29.5 Å².